The zero-order valence-electron chi connectivity index (χ0n) is 10.9. The number of nitrogen functional groups attached to an aromatic ring is 1. The molecule has 3 rings (SSSR count). The van der Waals surface area contributed by atoms with Crippen LogP contribution < -0.4 is 10.5 Å². The van der Waals surface area contributed by atoms with E-state index < -0.39 is 10.0 Å². The van der Waals surface area contributed by atoms with Crippen LogP contribution in [0, 0.1) is 6.92 Å². The molecule has 0 aliphatic heterocycles. The summed E-state index contributed by atoms with van der Waals surface area (Å²) in [5.74, 6) is 0.210. The van der Waals surface area contributed by atoms with Crippen LogP contribution in [0.5, 0.6) is 0 Å². The van der Waals surface area contributed by atoms with Gasteiger partial charge in [-0.2, -0.15) is 8.75 Å². The maximum absolute atomic E-state index is 12.5. The summed E-state index contributed by atoms with van der Waals surface area (Å²) in [5, 5.41) is 0. The summed E-state index contributed by atoms with van der Waals surface area (Å²) < 4.78 is 35.4. The molecule has 0 spiro atoms. The summed E-state index contributed by atoms with van der Waals surface area (Å²) in [5.41, 5.74) is 7.81. The van der Waals surface area contributed by atoms with Crippen molar-refractivity contribution < 1.29 is 8.42 Å². The first kappa shape index (κ1) is 13.7. The molecule has 21 heavy (non-hydrogen) atoms. The normalized spacial score (nSPS) is 11.7. The fourth-order valence-electron chi connectivity index (χ4n) is 1.81. The van der Waals surface area contributed by atoms with Gasteiger partial charge in [-0.05, 0) is 30.7 Å². The number of sulfonamides is 1. The predicted molar refractivity (Wildman–Crippen MR) is 81.6 cm³/mol. The van der Waals surface area contributed by atoms with Gasteiger partial charge >= 0.3 is 0 Å². The average molecular weight is 321 g/mol. The van der Waals surface area contributed by atoms with Gasteiger partial charge in [0.25, 0.3) is 10.0 Å². The van der Waals surface area contributed by atoms with Crippen molar-refractivity contribution in [3.05, 3.63) is 36.0 Å². The standard InChI is InChI=1S/C12H11N5O2S2/c1-7-5-11(14-6-8(7)13)17-21(18,19)10-4-2-3-9-12(10)16-20-15-9/h2-6H,13H2,1H3,(H,14,17). The molecule has 0 atom stereocenters. The number of nitrogens with two attached hydrogens (primary N) is 1. The number of aryl methyl sites for hydroxylation is 1. The van der Waals surface area contributed by atoms with E-state index in [1.807, 2.05) is 0 Å². The minimum atomic E-state index is -3.79. The number of hydrogen-bond donors (Lipinski definition) is 2. The lowest BCUT2D eigenvalue weighted by molar-refractivity contribution is 0.601. The monoisotopic (exact) mass is 321 g/mol. The van der Waals surface area contributed by atoms with Crippen LogP contribution in [0.4, 0.5) is 11.5 Å². The van der Waals surface area contributed by atoms with Gasteiger partial charge in [-0.15, -0.1) is 0 Å². The summed E-state index contributed by atoms with van der Waals surface area (Å²) in [6, 6.07) is 6.39. The maximum atomic E-state index is 12.5. The summed E-state index contributed by atoms with van der Waals surface area (Å²) in [6.07, 6.45) is 1.41. The second-order valence-electron chi connectivity index (χ2n) is 4.42. The van der Waals surface area contributed by atoms with Gasteiger partial charge in [-0.1, -0.05) is 6.07 Å². The molecule has 0 unspecified atom stereocenters. The molecule has 1 aromatic carbocycles. The molecule has 108 valence electrons. The van der Waals surface area contributed by atoms with E-state index >= 15 is 0 Å². The van der Waals surface area contributed by atoms with Crippen molar-refractivity contribution in [2.45, 2.75) is 11.8 Å². The average Bonchev–Trinajstić information content (AvgIpc) is 2.90. The highest BCUT2D eigenvalue weighted by atomic mass is 32.2. The second-order valence-corrected chi connectivity index (χ2v) is 6.60. The lowest BCUT2D eigenvalue weighted by atomic mass is 10.2. The quantitative estimate of drug-likeness (QED) is 0.760. The molecule has 2 heterocycles. The SMILES string of the molecule is Cc1cc(NS(=O)(=O)c2cccc3nsnc23)ncc1N. The Morgan fingerprint density at radius 3 is 2.86 bits per heavy atom. The van der Waals surface area contributed by atoms with E-state index in [1.165, 1.54) is 12.3 Å². The molecule has 0 aliphatic rings. The van der Waals surface area contributed by atoms with Crippen molar-refractivity contribution in [2.75, 3.05) is 10.5 Å². The number of hydrogen-bond acceptors (Lipinski definition) is 7. The third-order valence-corrected chi connectivity index (χ3v) is 4.86. The number of nitrogens with one attached hydrogen (secondary N) is 1. The van der Waals surface area contributed by atoms with E-state index in [0.29, 0.717) is 16.7 Å². The molecule has 0 radical (unpaired) electrons. The Morgan fingerprint density at radius 1 is 1.29 bits per heavy atom. The summed E-state index contributed by atoms with van der Waals surface area (Å²) in [4.78, 5) is 4.04. The van der Waals surface area contributed by atoms with Crippen molar-refractivity contribution in [2.24, 2.45) is 0 Å². The van der Waals surface area contributed by atoms with E-state index in [-0.39, 0.29) is 10.7 Å². The number of benzene rings is 1. The van der Waals surface area contributed by atoms with Crippen LogP contribution in [0.2, 0.25) is 0 Å². The van der Waals surface area contributed by atoms with Crippen LogP contribution in [-0.2, 0) is 10.0 Å². The smallest absolute Gasteiger partial charge is 0.265 e. The van der Waals surface area contributed by atoms with E-state index in [4.69, 9.17) is 5.73 Å². The molecule has 0 fully saturated rings. The Bertz CT molecular complexity index is 920. The van der Waals surface area contributed by atoms with Gasteiger partial charge in [-0.3, -0.25) is 4.72 Å². The van der Waals surface area contributed by atoms with Crippen molar-refractivity contribution in [1.82, 2.24) is 13.7 Å². The Hall–Kier alpha value is -2.26. The van der Waals surface area contributed by atoms with E-state index in [1.54, 1.807) is 25.1 Å². The van der Waals surface area contributed by atoms with Gasteiger partial charge in [0.1, 0.15) is 21.7 Å². The largest absolute Gasteiger partial charge is 0.397 e. The highest BCUT2D eigenvalue weighted by Crippen LogP contribution is 2.23. The minimum absolute atomic E-state index is 0.0741. The zero-order valence-corrected chi connectivity index (χ0v) is 12.6. The fraction of sp³-hybridized carbons (Fsp3) is 0.0833. The third kappa shape index (κ3) is 2.52. The molecule has 0 saturated heterocycles. The van der Waals surface area contributed by atoms with Gasteiger partial charge in [0, 0.05) is 0 Å². The van der Waals surface area contributed by atoms with Crippen LogP contribution in [0.3, 0.4) is 0 Å². The lowest BCUT2D eigenvalue weighted by Crippen LogP contribution is -2.14. The Kier molecular flexibility index (Phi) is 3.22. The van der Waals surface area contributed by atoms with Gasteiger partial charge in [0.15, 0.2) is 0 Å². The van der Waals surface area contributed by atoms with Crippen LogP contribution in [-0.4, -0.2) is 22.1 Å². The first-order valence-electron chi connectivity index (χ1n) is 5.93. The number of rotatable bonds is 3. The molecule has 0 bridgehead atoms. The van der Waals surface area contributed by atoms with Crippen molar-refractivity contribution in [3.8, 4) is 0 Å². The first-order chi connectivity index (χ1) is 9.97. The Labute approximate surface area is 125 Å². The van der Waals surface area contributed by atoms with Crippen molar-refractivity contribution in [3.63, 3.8) is 0 Å². The first-order valence-corrected chi connectivity index (χ1v) is 8.15. The summed E-state index contributed by atoms with van der Waals surface area (Å²) >= 11 is 0.969. The molecule has 9 heteroatoms. The Morgan fingerprint density at radius 2 is 2.10 bits per heavy atom. The van der Waals surface area contributed by atoms with E-state index in [2.05, 4.69) is 18.5 Å². The predicted octanol–water partition coefficient (Wildman–Crippen LogP) is 1.78. The topological polar surface area (TPSA) is 111 Å². The van der Waals surface area contributed by atoms with Gasteiger partial charge in [0.2, 0.25) is 0 Å². The Balaban J connectivity index is 2.04. The maximum Gasteiger partial charge on any atom is 0.265 e. The van der Waals surface area contributed by atoms with Crippen LogP contribution in [0.1, 0.15) is 5.56 Å². The molecule has 7 nitrogen and oxygen atoms in total. The van der Waals surface area contributed by atoms with Crippen molar-refractivity contribution >= 4 is 44.3 Å². The number of pyridine rings is 1. The van der Waals surface area contributed by atoms with Crippen LogP contribution in [0.15, 0.2) is 35.4 Å². The molecule has 0 aliphatic carbocycles. The third-order valence-electron chi connectivity index (χ3n) is 2.93. The highest BCUT2D eigenvalue weighted by molar-refractivity contribution is 7.93. The molecular weight excluding hydrogens is 310 g/mol. The number of fused-ring (bicyclic) bond motifs is 1. The van der Waals surface area contributed by atoms with Crippen LogP contribution >= 0.6 is 11.7 Å². The molecule has 2 aromatic heterocycles. The number of anilines is 2. The highest BCUT2D eigenvalue weighted by Gasteiger charge is 2.20. The number of nitrogens with zero attached hydrogens (tertiary/aromatic N) is 3. The summed E-state index contributed by atoms with van der Waals surface area (Å²) in [7, 11) is -3.79. The van der Waals surface area contributed by atoms with Gasteiger partial charge in [-0.25, -0.2) is 13.4 Å². The van der Waals surface area contributed by atoms with E-state index in [9.17, 15) is 8.42 Å². The van der Waals surface area contributed by atoms with Gasteiger partial charge in [0.05, 0.1) is 23.6 Å². The summed E-state index contributed by atoms with van der Waals surface area (Å²) in [6.45, 7) is 1.78. The molecule has 3 aromatic rings. The molecule has 0 saturated carbocycles. The number of aromatic nitrogens is 3. The molecular formula is C12H11N5O2S2. The van der Waals surface area contributed by atoms with Crippen molar-refractivity contribution in [1.29, 1.82) is 0 Å². The minimum Gasteiger partial charge on any atom is -0.397 e. The zero-order chi connectivity index (χ0) is 15.0. The second kappa shape index (κ2) is 4.93. The fourth-order valence-corrected chi connectivity index (χ4v) is 3.58. The van der Waals surface area contributed by atoms with E-state index in [0.717, 1.165) is 17.3 Å². The van der Waals surface area contributed by atoms with Gasteiger partial charge < -0.3 is 5.73 Å². The van der Waals surface area contributed by atoms with Crippen LogP contribution in [0.25, 0.3) is 11.0 Å². The molecule has 3 N–H and O–H groups in total. The lowest BCUT2D eigenvalue weighted by Gasteiger charge is -2.09. The molecule has 0 amide bonds.